The number of hydrogen-bond acceptors (Lipinski definition) is 10. The van der Waals surface area contributed by atoms with Crippen LogP contribution in [0.4, 0.5) is 0 Å². The molecule has 0 aromatic heterocycles. The van der Waals surface area contributed by atoms with Crippen LogP contribution in [-0.4, -0.2) is 87.9 Å². The Morgan fingerprint density at radius 1 is 1.00 bits per heavy atom. The van der Waals surface area contributed by atoms with Crippen LogP contribution in [0.5, 0.6) is 5.75 Å². The fourth-order valence-corrected chi connectivity index (χ4v) is 6.23. The van der Waals surface area contributed by atoms with Crippen molar-refractivity contribution in [3.63, 3.8) is 0 Å². The van der Waals surface area contributed by atoms with Gasteiger partial charge >= 0.3 is 5.97 Å². The summed E-state index contributed by atoms with van der Waals surface area (Å²) in [5.41, 5.74) is 0.884. The second kappa shape index (κ2) is 18.9. The van der Waals surface area contributed by atoms with Crippen LogP contribution in [0.2, 0.25) is 0 Å². The molecule has 1 fully saturated rings. The Bertz CT molecular complexity index is 1380. The van der Waals surface area contributed by atoms with Crippen LogP contribution in [0.3, 0.4) is 0 Å². The van der Waals surface area contributed by atoms with Gasteiger partial charge in [0.05, 0.1) is 39.6 Å². The van der Waals surface area contributed by atoms with E-state index in [2.05, 4.69) is 23.1 Å². The van der Waals surface area contributed by atoms with Crippen molar-refractivity contribution in [2.75, 3.05) is 40.6 Å². The first-order chi connectivity index (χ1) is 22.3. The van der Waals surface area contributed by atoms with E-state index in [1.165, 1.54) is 14.0 Å². The number of hydrogen-bond donors (Lipinski definition) is 1. The molecule has 0 bridgehead atoms. The molecule has 0 spiro atoms. The zero-order valence-electron chi connectivity index (χ0n) is 26.1. The predicted molar refractivity (Wildman–Crippen MR) is 173 cm³/mol. The summed E-state index contributed by atoms with van der Waals surface area (Å²) >= 11 is 1.14. The topological polar surface area (TPSA) is 111 Å². The Morgan fingerprint density at radius 3 is 2.28 bits per heavy atom. The largest absolute Gasteiger partial charge is 0.497 e. The number of methoxy groups -OCH3 is 2. The maximum atomic E-state index is 13.6. The third kappa shape index (κ3) is 10.3. The number of amides is 1. The normalized spacial score (nSPS) is 21.9. The van der Waals surface area contributed by atoms with Crippen LogP contribution in [0, 0.1) is 37.0 Å². The minimum absolute atomic E-state index is 0.0114. The highest BCUT2D eigenvalue weighted by Gasteiger charge is 2.57. The van der Waals surface area contributed by atoms with Crippen LogP contribution in [0.1, 0.15) is 18.9 Å². The van der Waals surface area contributed by atoms with Crippen LogP contribution in [-0.2, 0) is 44.6 Å². The number of thioether (sulfide) groups is 1. The first kappa shape index (κ1) is 36.5. The van der Waals surface area contributed by atoms with Gasteiger partial charge in [-0.25, -0.2) is 4.79 Å². The van der Waals surface area contributed by atoms with Crippen LogP contribution in [0.15, 0.2) is 59.5 Å². The number of terminal acetylenes is 3. The van der Waals surface area contributed by atoms with Gasteiger partial charge in [0.25, 0.3) is 0 Å². The molecule has 6 atom stereocenters. The smallest absolute Gasteiger partial charge is 0.349 e. The van der Waals surface area contributed by atoms with E-state index in [9.17, 15) is 9.59 Å². The summed E-state index contributed by atoms with van der Waals surface area (Å²) in [4.78, 5) is 25.3. The third-order valence-electron chi connectivity index (χ3n) is 6.96. The Balaban J connectivity index is 2.06. The van der Waals surface area contributed by atoms with Gasteiger partial charge in [0.1, 0.15) is 43.9 Å². The number of rotatable bonds is 17. The molecule has 0 unspecified atom stereocenters. The van der Waals surface area contributed by atoms with Gasteiger partial charge in [-0.15, -0.1) is 19.3 Å². The number of carbonyl (C=O) groups excluding carboxylic acids is 2. The molecule has 0 radical (unpaired) electrons. The summed E-state index contributed by atoms with van der Waals surface area (Å²) in [6.45, 7) is 1.23. The molecule has 3 rings (SSSR count). The standard InChI is InChI=1S/C35H39NO9S/c1-7-19-42-29-22-35(34(38)40-6,46-28-13-11-10-12-14-28)45-33(31(29)36-25(4)37)32(44-21-9-3)30(43-20-8-2)24-41-23-26-15-17-27(39-5)18-16-26/h1-3,10-18,29-33H,19-24H2,4-6H3,(H,36,37)/t29-,30+,31+,32+,33+,35-/m0/s1. The number of benzene rings is 2. The van der Waals surface area contributed by atoms with E-state index in [1.54, 1.807) is 7.11 Å². The van der Waals surface area contributed by atoms with Gasteiger partial charge in [0.15, 0.2) is 0 Å². The van der Waals surface area contributed by atoms with Crippen LogP contribution in [0.25, 0.3) is 0 Å². The maximum absolute atomic E-state index is 13.6. The molecule has 1 N–H and O–H groups in total. The summed E-state index contributed by atoms with van der Waals surface area (Å²) in [5.74, 6) is 7.06. The third-order valence-corrected chi connectivity index (χ3v) is 8.23. The molecular weight excluding hydrogens is 610 g/mol. The Labute approximate surface area is 275 Å². The van der Waals surface area contributed by atoms with Gasteiger partial charge in [-0.1, -0.05) is 59.9 Å². The van der Waals surface area contributed by atoms with Crippen molar-refractivity contribution in [1.82, 2.24) is 5.32 Å². The number of esters is 1. The van der Waals surface area contributed by atoms with Gasteiger partial charge in [-0.3, -0.25) is 4.79 Å². The maximum Gasteiger partial charge on any atom is 0.349 e. The fraction of sp³-hybridized carbons (Fsp3) is 0.429. The van der Waals surface area contributed by atoms with Crippen LogP contribution >= 0.6 is 11.8 Å². The number of nitrogens with one attached hydrogen (secondary N) is 1. The summed E-state index contributed by atoms with van der Waals surface area (Å²) in [6.07, 6.45) is 12.9. The molecule has 1 heterocycles. The molecule has 1 aliphatic rings. The molecule has 0 saturated carbocycles. The molecule has 11 heteroatoms. The van der Waals surface area contributed by atoms with Crippen molar-refractivity contribution in [3.05, 3.63) is 60.2 Å². The molecule has 1 saturated heterocycles. The van der Waals surface area contributed by atoms with Gasteiger partial charge in [-0.05, 0) is 29.8 Å². The molecule has 244 valence electrons. The average molecular weight is 650 g/mol. The van der Waals surface area contributed by atoms with E-state index in [-0.39, 0.29) is 45.4 Å². The summed E-state index contributed by atoms with van der Waals surface area (Å²) in [6, 6.07) is 15.7. The Kier molecular flexibility index (Phi) is 15.0. The van der Waals surface area contributed by atoms with Gasteiger partial charge in [-0.2, -0.15) is 0 Å². The van der Waals surface area contributed by atoms with E-state index in [4.69, 9.17) is 52.4 Å². The highest BCUT2D eigenvalue weighted by Crippen LogP contribution is 2.45. The summed E-state index contributed by atoms with van der Waals surface area (Å²) in [5, 5.41) is 2.91. The minimum Gasteiger partial charge on any atom is -0.497 e. The summed E-state index contributed by atoms with van der Waals surface area (Å²) < 4.78 is 41.6. The number of carbonyl (C=O) groups is 2. The first-order valence-corrected chi connectivity index (χ1v) is 15.3. The Morgan fingerprint density at radius 2 is 1.67 bits per heavy atom. The van der Waals surface area contributed by atoms with E-state index >= 15 is 0 Å². The average Bonchev–Trinajstić information content (AvgIpc) is 3.07. The zero-order chi connectivity index (χ0) is 33.4. The predicted octanol–water partition coefficient (Wildman–Crippen LogP) is 3.22. The molecule has 0 aliphatic carbocycles. The SMILES string of the molecule is C#CCO[C@@H]([C@@H]1O[C@@](Sc2ccccc2)(C(=O)OC)C[C@H](OCC#C)[C@H]1NC(C)=O)[C@@H](COCc1ccc(OC)cc1)OCC#C. The van der Waals surface area contributed by atoms with E-state index in [0.29, 0.717) is 5.75 Å². The molecule has 10 nitrogen and oxygen atoms in total. The quantitative estimate of drug-likeness (QED) is 0.203. The molecular formula is C35H39NO9S. The van der Waals surface area contributed by atoms with Gasteiger partial charge in [0.2, 0.25) is 10.8 Å². The van der Waals surface area contributed by atoms with Crippen molar-refractivity contribution in [1.29, 1.82) is 0 Å². The van der Waals surface area contributed by atoms with E-state index < -0.39 is 41.4 Å². The monoisotopic (exact) mass is 649 g/mol. The summed E-state index contributed by atoms with van der Waals surface area (Å²) in [7, 11) is 2.86. The molecule has 46 heavy (non-hydrogen) atoms. The van der Waals surface area contributed by atoms with Crippen molar-refractivity contribution in [2.45, 2.75) is 60.2 Å². The Hall–Kier alpha value is -3.99. The zero-order valence-corrected chi connectivity index (χ0v) is 27.0. The lowest BCUT2D eigenvalue weighted by Gasteiger charge is -2.49. The van der Waals surface area contributed by atoms with Crippen molar-refractivity contribution < 1.29 is 42.7 Å². The van der Waals surface area contributed by atoms with Crippen molar-refractivity contribution in [2.24, 2.45) is 0 Å². The van der Waals surface area contributed by atoms with Crippen molar-refractivity contribution in [3.8, 4) is 42.8 Å². The molecule has 2 aromatic rings. The first-order valence-electron chi connectivity index (χ1n) is 14.4. The lowest BCUT2D eigenvalue weighted by Crippen LogP contribution is -2.67. The van der Waals surface area contributed by atoms with E-state index in [1.807, 2.05) is 54.6 Å². The number of ether oxygens (including phenoxy) is 7. The van der Waals surface area contributed by atoms with Gasteiger partial charge < -0.3 is 38.5 Å². The van der Waals surface area contributed by atoms with Crippen LogP contribution < -0.4 is 10.1 Å². The minimum atomic E-state index is -1.65. The lowest BCUT2D eigenvalue weighted by atomic mass is 9.89. The van der Waals surface area contributed by atoms with E-state index in [0.717, 1.165) is 22.2 Å². The second-order valence-corrected chi connectivity index (χ2v) is 11.5. The van der Waals surface area contributed by atoms with Crippen molar-refractivity contribution >= 4 is 23.6 Å². The highest BCUT2D eigenvalue weighted by molar-refractivity contribution is 8.01. The molecule has 1 amide bonds. The fourth-order valence-electron chi connectivity index (χ4n) is 4.98. The van der Waals surface area contributed by atoms with Gasteiger partial charge in [0, 0.05) is 18.2 Å². The lowest BCUT2D eigenvalue weighted by molar-refractivity contribution is -0.222. The second-order valence-electron chi connectivity index (χ2n) is 10.1. The molecule has 2 aromatic carbocycles. The highest BCUT2D eigenvalue weighted by atomic mass is 32.2. The molecule has 1 aliphatic heterocycles.